The predicted octanol–water partition coefficient (Wildman–Crippen LogP) is 1.83. The molecule has 19 heavy (non-hydrogen) atoms. The van der Waals surface area contributed by atoms with Gasteiger partial charge in [0, 0.05) is 26.2 Å². The molecule has 0 spiro atoms. The summed E-state index contributed by atoms with van der Waals surface area (Å²) in [4.78, 5) is 14.1. The number of halogens is 1. The Kier molecular flexibility index (Phi) is 4.99. The van der Waals surface area contributed by atoms with Crippen molar-refractivity contribution >= 4 is 21.6 Å². The molecule has 1 fully saturated rings. The molecule has 1 aliphatic carbocycles. The fourth-order valence-corrected chi connectivity index (χ4v) is 3.03. The van der Waals surface area contributed by atoms with Gasteiger partial charge in [-0.2, -0.15) is 5.10 Å². The fourth-order valence-electron chi connectivity index (χ4n) is 2.53. The molecule has 0 atom stereocenters. The fraction of sp³-hybridized carbons (Fsp3) is 0.692. The van der Waals surface area contributed by atoms with E-state index in [9.17, 15) is 4.79 Å². The predicted molar refractivity (Wildman–Crippen MR) is 80.6 cm³/mol. The Morgan fingerprint density at radius 3 is 2.89 bits per heavy atom. The van der Waals surface area contributed by atoms with Crippen molar-refractivity contribution in [2.75, 3.05) is 25.5 Å². The third kappa shape index (κ3) is 3.57. The lowest BCUT2D eigenvalue weighted by Gasteiger charge is -2.24. The Balaban J connectivity index is 1.85. The van der Waals surface area contributed by atoms with Gasteiger partial charge in [0.2, 0.25) is 0 Å². The Labute approximate surface area is 122 Å². The van der Waals surface area contributed by atoms with Crippen LogP contribution in [-0.4, -0.2) is 40.9 Å². The van der Waals surface area contributed by atoms with Crippen molar-refractivity contribution in [3.63, 3.8) is 0 Å². The van der Waals surface area contributed by atoms with Gasteiger partial charge < -0.3 is 10.2 Å². The summed E-state index contributed by atoms with van der Waals surface area (Å²) in [6.45, 7) is 1.80. The molecule has 1 aliphatic rings. The third-order valence-corrected chi connectivity index (χ3v) is 4.57. The molecule has 1 aromatic heterocycles. The minimum Gasteiger partial charge on any atom is -0.381 e. The number of aromatic nitrogens is 2. The van der Waals surface area contributed by atoms with E-state index in [1.807, 2.05) is 0 Å². The molecule has 0 unspecified atom stereocenters. The van der Waals surface area contributed by atoms with Gasteiger partial charge in [0.15, 0.2) is 0 Å². The minimum atomic E-state index is -0.117. The van der Waals surface area contributed by atoms with Gasteiger partial charge in [-0.15, -0.1) is 0 Å². The van der Waals surface area contributed by atoms with Crippen LogP contribution in [0.2, 0.25) is 0 Å². The zero-order chi connectivity index (χ0) is 13.8. The van der Waals surface area contributed by atoms with E-state index in [-0.39, 0.29) is 5.56 Å². The number of aryl methyl sites for hydroxylation is 1. The van der Waals surface area contributed by atoms with Crippen LogP contribution >= 0.6 is 15.9 Å². The van der Waals surface area contributed by atoms with Gasteiger partial charge in [0.25, 0.3) is 5.56 Å². The summed E-state index contributed by atoms with van der Waals surface area (Å²) in [7, 11) is 3.82. The molecule has 1 N–H and O–H groups in total. The van der Waals surface area contributed by atoms with E-state index in [4.69, 9.17) is 0 Å². The largest absolute Gasteiger partial charge is 0.381 e. The second-order valence-electron chi connectivity index (χ2n) is 5.15. The molecule has 0 aromatic carbocycles. The molecule has 0 saturated heterocycles. The van der Waals surface area contributed by atoms with Gasteiger partial charge in [-0.25, -0.2) is 4.68 Å². The van der Waals surface area contributed by atoms with Crippen LogP contribution < -0.4 is 10.9 Å². The van der Waals surface area contributed by atoms with Crippen molar-refractivity contribution in [2.45, 2.75) is 31.7 Å². The molecular weight excluding hydrogens is 308 g/mol. The summed E-state index contributed by atoms with van der Waals surface area (Å²) in [5.41, 5.74) is 0.650. The maximum atomic E-state index is 11.7. The second kappa shape index (κ2) is 6.52. The van der Waals surface area contributed by atoms with E-state index in [2.05, 4.69) is 38.3 Å². The van der Waals surface area contributed by atoms with E-state index < -0.39 is 0 Å². The van der Waals surface area contributed by atoms with Crippen molar-refractivity contribution in [1.82, 2.24) is 14.7 Å². The number of likely N-dealkylation sites (N-methyl/N-ethyl adjacent to an activating group) is 1. The highest BCUT2D eigenvalue weighted by atomic mass is 79.9. The smallest absolute Gasteiger partial charge is 0.282 e. The van der Waals surface area contributed by atoms with Gasteiger partial charge in [-0.1, -0.05) is 12.8 Å². The van der Waals surface area contributed by atoms with E-state index >= 15 is 0 Å². The second-order valence-corrected chi connectivity index (χ2v) is 5.94. The molecule has 1 saturated carbocycles. The van der Waals surface area contributed by atoms with Crippen LogP contribution in [0.4, 0.5) is 5.69 Å². The van der Waals surface area contributed by atoms with Crippen LogP contribution in [0.3, 0.4) is 0 Å². The molecule has 0 radical (unpaired) electrons. The molecule has 1 heterocycles. The molecular formula is C13H21BrN4O. The summed E-state index contributed by atoms with van der Waals surface area (Å²) in [5, 5.41) is 7.28. The topological polar surface area (TPSA) is 50.2 Å². The summed E-state index contributed by atoms with van der Waals surface area (Å²) in [5.74, 6) is 0. The first-order valence-electron chi connectivity index (χ1n) is 6.75. The van der Waals surface area contributed by atoms with Crippen LogP contribution in [0.25, 0.3) is 0 Å². The zero-order valence-electron chi connectivity index (χ0n) is 11.5. The minimum absolute atomic E-state index is 0.117. The highest BCUT2D eigenvalue weighted by Crippen LogP contribution is 2.22. The van der Waals surface area contributed by atoms with Crippen molar-refractivity contribution in [2.24, 2.45) is 7.05 Å². The summed E-state index contributed by atoms with van der Waals surface area (Å²) < 4.78 is 1.87. The first-order chi connectivity index (χ1) is 9.09. The number of rotatable bonds is 5. The van der Waals surface area contributed by atoms with E-state index in [0.717, 1.165) is 24.8 Å². The standard InChI is InChI=1S/C13H21BrN4O/c1-17(10-5-3-4-6-10)8-7-15-11-9-16-18(2)13(19)12(11)14/h9-10,15H,3-8H2,1-2H3. The van der Waals surface area contributed by atoms with Crippen LogP contribution in [0, 0.1) is 0 Å². The molecule has 0 amide bonds. The van der Waals surface area contributed by atoms with E-state index in [0.29, 0.717) is 4.47 Å². The molecule has 6 heteroatoms. The van der Waals surface area contributed by atoms with Gasteiger partial charge in [0.05, 0.1) is 11.9 Å². The molecule has 5 nitrogen and oxygen atoms in total. The molecule has 0 aliphatic heterocycles. The lowest BCUT2D eigenvalue weighted by molar-refractivity contribution is 0.254. The number of hydrogen-bond donors (Lipinski definition) is 1. The van der Waals surface area contributed by atoms with Crippen molar-refractivity contribution < 1.29 is 0 Å². The Hall–Kier alpha value is -0.880. The maximum Gasteiger partial charge on any atom is 0.282 e. The van der Waals surface area contributed by atoms with Crippen molar-refractivity contribution in [1.29, 1.82) is 0 Å². The van der Waals surface area contributed by atoms with Crippen molar-refractivity contribution in [3.8, 4) is 0 Å². The molecule has 1 aromatic rings. The summed E-state index contributed by atoms with van der Waals surface area (Å²) in [6, 6.07) is 0.729. The third-order valence-electron chi connectivity index (χ3n) is 3.81. The van der Waals surface area contributed by atoms with Crippen LogP contribution in [0.1, 0.15) is 25.7 Å². The van der Waals surface area contributed by atoms with Crippen LogP contribution in [0.5, 0.6) is 0 Å². The van der Waals surface area contributed by atoms with E-state index in [1.165, 1.54) is 30.4 Å². The van der Waals surface area contributed by atoms with Crippen LogP contribution in [0.15, 0.2) is 15.5 Å². The van der Waals surface area contributed by atoms with Gasteiger partial charge in [0.1, 0.15) is 4.47 Å². The van der Waals surface area contributed by atoms with Gasteiger partial charge in [-0.3, -0.25) is 4.79 Å². The first kappa shape index (κ1) is 14.5. The van der Waals surface area contributed by atoms with Gasteiger partial charge >= 0.3 is 0 Å². The highest BCUT2D eigenvalue weighted by Gasteiger charge is 2.18. The average Bonchev–Trinajstić information content (AvgIpc) is 2.92. The summed E-state index contributed by atoms with van der Waals surface area (Å²) in [6.07, 6.45) is 7.02. The molecule has 2 rings (SSSR count). The molecule has 106 valence electrons. The Morgan fingerprint density at radius 2 is 2.21 bits per heavy atom. The number of nitrogens with one attached hydrogen (secondary N) is 1. The lowest BCUT2D eigenvalue weighted by Crippen LogP contribution is -2.33. The highest BCUT2D eigenvalue weighted by molar-refractivity contribution is 9.10. The number of nitrogens with zero attached hydrogens (tertiary/aromatic N) is 3. The Bertz CT molecular complexity index is 482. The monoisotopic (exact) mass is 328 g/mol. The lowest BCUT2D eigenvalue weighted by atomic mass is 10.2. The first-order valence-corrected chi connectivity index (χ1v) is 7.55. The van der Waals surface area contributed by atoms with Gasteiger partial charge in [-0.05, 0) is 35.8 Å². The summed E-state index contributed by atoms with van der Waals surface area (Å²) >= 11 is 3.32. The molecule has 0 bridgehead atoms. The van der Waals surface area contributed by atoms with Crippen LogP contribution in [-0.2, 0) is 7.05 Å². The SMILES string of the molecule is CN(CCNc1cnn(C)c(=O)c1Br)C1CCCC1. The average molecular weight is 329 g/mol. The normalized spacial score (nSPS) is 16.2. The number of hydrogen-bond acceptors (Lipinski definition) is 4. The Morgan fingerprint density at radius 1 is 1.53 bits per heavy atom. The number of anilines is 1. The maximum absolute atomic E-state index is 11.7. The van der Waals surface area contributed by atoms with E-state index in [1.54, 1.807) is 13.2 Å². The van der Waals surface area contributed by atoms with Crippen molar-refractivity contribution in [3.05, 3.63) is 21.0 Å². The zero-order valence-corrected chi connectivity index (χ0v) is 13.1. The quantitative estimate of drug-likeness (QED) is 0.895.